The summed E-state index contributed by atoms with van der Waals surface area (Å²) in [6.45, 7) is 0. The molecule has 4 aliphatic rings. The van der Waals surface area contributed by atoms with Crippen molar-refractivity contribution in [2.75, 3.05) is 0 Å². The first-order valence-electron chi connectivity index (χ1n) is 7.19. The number of hydrogen-bond donors (Lipinski definition) is 1. The second-order valence-electron chi connectivity index (χ2n) is 6.64. The van der Waals surface area contributed by atoms with Crippen LogP contribution in [0.4, 0.5) is 4.39 Å². The Bertz CT molecular complexity index is 454. The van der Waals surface area contributed by atoms with Crippen molar-refractivity contribution in [2.45, 2.75) is 38.0 Å². The number of hydrogen-bond acceptors (Lipinski definition) is 1. The Hall–Kier alpha value is -1.05. The van der Waals surface area contributed by atoms with Gasteiger partial charge in [-0.1, -0.05) is 12.1 Å². The molecule has 96 valence electrons. The van der Waals surface area contributed by atoms with Crippen LogP contribution in [0.1, 0.15) is 43.6 Å². The minimum Gasteiger partial charge on any atom is -0.505 e. The third kappa shape index (κ3) is 1.44. The highest BCUT2D eigenvalue weighted by molar-refractivity contribution is 5.34. The molecule has 4 saturated carbocycles. The number of halogens is 1. The maximum absolute atomic E-state index is 14.2. The van der Waals surface area contributed by atoms with E-state index in [-0.39, 0.29) is 11.6 Å². The number of benzene rings is 1. The Morgan fingerprint density at radius 1 is 0.944 bits per heavy atom. The predicted molar refractivity (Wildman–Crippen MR) is 67.9 cm³/mol. The molecule has 4 fully saturated rings. The predicted octanol–water partition coefficient (Wildman–Crippen LogP) is 4.07. The summed E-state index contributed by atoms with van der Waals surface area (Å²) in [5, 5.41) is 9.58. The van der Waals surface area contributed by atoms with E-state index in [1.165, 1.54) is 38.2 Å². The fraction of sp³-hybridized carbons (Fsp3) is 0.625. The lowest BCUT2D eigenvalue weighted by molar-refractivity contribution is -0.00399. The molecule has 0 aliphatic heterocycles. The Morgan fingerprint density at radius 2 is 1.56 bits per heavy atom. The van der Waals surface area contributed by atoms with Crippen LogP contribution in [0.3, 0.4) is 0 Å². The summed E-state index contributed by atoms with van der Waals surface area (Å²) in [6, 6.07) is 5.13. The summed E-state index contributed by atoms with van der Waals surface area (Å²) in [6.07, 6.45) is 6.56. The maximum atomic E-state index is 14.2. The Morgan fingerprint density at radius 3 is 2.17 bits per heavy atom. The maximum Gasteiger partial charge on any atom is 0.168 e. The first-order chi connectivity index (χ1) is 8.72. The number of phenols is 1. The topological polar surface area (TPSA) is 20.2 Å². The van der Waals surface area contributed by atoms with Crippen LogP contribution >= 0.6 is 0 Å². The molecule has 0 saturated heterocycles. The fourth-order valence-electron chi connectivity index (χ4n) is 5.23. The highest BCUT2D eigenvalue weighted by atomic mass is 19.1. The Balaban J connectivity index is 1.74. The van der Waals surface area contributed by atoms with Crippen molar-refractivity contribution in [3.05, 3.63) is 29.6 Å². The molecule has 1 N–H and O–H groups in total. The van der Waals surface area contributed by atoms with Gasteiger partial charge in [0.05, 0.1) is 0 Å². The smallest absolute Gasteiger partial charge is 0.168 e. The van der Waals surface area contributed by atoms with Gasteiger partial charge in [0.2, 0.25) is 0 Å². The van der Waals surface area contributed by atoms with Crippen molar-refractivity contribution in [2.24, 2.45) is 23.7 Å². The zero-order valence-corrected chi connectivity index (χ0v) is 10.5. The standard InChI is InChI=1S/C16H19FO/c17-16-13(2-1-3-14(16)18)15-11-5-9-4-10(7-11)8-12(15)6-9/h1-3,9-12,15,18H,4-8H2. The molecule has 0 amide bonds. The van der Waals surface area contributed by atoms with Crippen LogP contribution in [0.15, 0.2) is 18.2 Å². The molecule has 0 atom stereocenters. The van der Waals surface area contributed by atoms with Gasteiger partial charge in [-0.3, -0.25) is 0 Å². The van der Waals surface area contributed by atoms with Crippen molar-refractivity contribution < 1.29 is 9.50 Å². The van der Waals surface area contributed by atoms with Crippen molar-refractivity contribution in [1.29, 1.82) is 0 Å². The molecular weight excluding hydrogens is 227 g/mol. The SMILES string of the molecule is Oc1cccc(C2C3CC4CC(C3)CC2C4)c1F. The van der Waals surface area contributed by atoms with E-state index in [2.05, 4.69) is 0 Å². The Kier molecular flexibility index (Phi) is 2.24. The summed E-state index contributed by atoms with van der Waals surface area (Å²) in [5.74, 6) is 2.96. The van der Waals surface area contributed by atoms with Crippen LogP contribution in [0.25, 0.3) is 0 Å². The summed E-state index contributed by atoms with van der Waals surface area (Å²) in [4.78, 5) is 0. The average Bonchev–Trinajstić information content (AvgIpc) is 2.33. The van der Waals surface area contributed by atoms with E-state index < -0.39 is 0 Å². The average molecular weight is 246 g/mol. The van der Waals surface area contributed by atoms with E-state index in [0.29, 0.717) is 17.8 Å². The molecular formula is C16H19FO. The zero-order chi connectivity index (χ0) is 12.3. The first-order valence-corrected chi connectivity index (χ1v) is 7.19. The van der Waals surface area contributed by atoms with Gasteiger partial charge in [-0.2, -0.15) is 0 Å². The van der Waals surface area contributed by atoms with Crippen LogP contribution in [0, 0.1) is 29.5 Å². The molecule has 1 nitrogen and oxygen atoms in total. The van der Waals surface area contributed by atoms with Gasteiger partial charge in [-0.05, 0) is 73.3 Å². The van der Waals surface area contributed by atoms with Gasteiger partial charge in [-0.15, -0.1) is 0 Å². The highest BCUT2D eigenvalue weighted by Gasteiger charge is 2.49. The van der Waals surface area contributed by atoms with Gasteiger partial charge in [0.15, 0.2) is 11.6 Å². The van der Waals surface area contributed by atoms with Gasteiger partial charge in [-0.25, -0.2) is 4.39 Å². The highest BCUT2D eigenvalue weighted by Crippen LogP contribution is 2.60. The molecule has 0 radical (unpaired) electrons. The van der Waals surface area contributed by atoms with Crippen molar-refractivity contribution >= 4 is 0 Å². The molecule has 4 bridgehead atoms. The van der Waals surface area contributed by atoms with E-state index in [1.54, 1.807) is 6.07 Å². The summed E-state index contributed by atoms with van der Waals surface area (Å²) < 4.78 is 14.2. The van der Waals surface area contributed by atoms with Crippen LogP contribution in [0.5, 0.6) is 5.75 Å². The van der Waals surface area contributed by atoms with Crippen molar-refractivity contribution in [1.82, 2.24) is 0 Å². The third-order valence-electron chi connectivity index (χ3n) is 5.59. The van der Waals surface area contributed by atoms with Gasteiger partial charge in [0, 0.05) is 0 Å². The summed E-state index contributed by atoms with van der Waals surface area (Å²) in [5.41, 5.74) is 0.781. The molecule has 4 aliphatic carbocycles. The minimum atomic E-state index is -0.366. The molecule has 18 heavy (non-hydrogen) atoms. The van der Waals surface area contributed by atoms with E-state index in [0.717, 1.165) is 17.4 Å². The van der Waals surface area contributed by atoms with E-state index in [9.17, 15) is 9.50 Å². The van der Waals surface area contributed by atoms with Gasteiger partial charge < -0.3 is 5.11 Å². The first kappa shape index (κ1) is 10.8. The van der Waals surface area contributed by atoms with Crippen LogP contribution in [-0.4, -0.2) is 5.11 Å². The Labute approximate surface area is 107 Å². The van der Waals surface area contributed by atoms with Gasteiger partial charge >= 0.3 is 0 Å². The normalized spacial score (nSPS) is 41.3. The van der Waals surface area contributed by atoms with Crippen molar-refractivity contribution in [3.63, 3.8) is 0 Å². The monoisotopic (exact) mass is 246 g/mol. The number of phenolic OH excluding ortho intramolecular Hbond substituents is 1. The second-order valence-corrected chi connectivity index (χ2v) is 6.64. The molecule has 2 heteroatoms. The number of rotatable bonds is 1. The van der Waals surface area contributed by atoms with Gasteiger partial charge in [0.25, 0.3) is 0 Å². The minimum absolute atomic E-state index is 0.179. The van der Waals surface area contributed by atoms with Crippen molar-refractivity contribution in [3.8, 4) is 5.75 Å². The lowest BCUT2D eigenvalue weighted by atomic mass is 9.50. The third-order valence-corrected chi connectivity index (χ3v) is 5.59. The lowest BCUT2D eigenvalue weighted by Gasteiger charge is -2.54. The number of aromatic hydroxyl groups is 1. The quantitative estimate of drug-likeness (QED) is 0.792. The van der Waals surface area contributed by atoms with Crippen LogP contribution in [0.2, 0.25) is 0 Å². The van der Waals surface area contributed by atoms with E-state index in [1.807, 2.05) is 6.07 Å². The van der Waals surface area contributed by atoms with Crippen LogP contribution in [-0.2, 0) is 0 Å². The van der Waals surface area contributed by atoms with Gasteiger partial charge in [0.1, 0.15) is 0 Å². The van der Waals surface area contributed by atoms with E-state index >= 15 is 0 Å². The molecule has 5 rings (SSSR count). The summed E-state index contributed by atoms with van der Waals surface area (Å²) in [7, 11) is 0. The second kappa shape index (κ2) is 3.72. The molecule has 0 unspecified atom stereocenters. The van der Waals surface area contributed by atoms with E-state index in [4.69, 9.17) is 0 Å². The van der Waals surface area contributed by atoms with Crippen LogP contribution < -0.4 is 0 Å². The molecule has 0 aromatic heterocycles. The summed E-state index contributed by atoms with van der Waals surface area (Å²) >= 11 is 0. The molecule has 0 heterocycles. The molecule has 1 aromatic carbocycles. The largest absolute Gasteiger partial charge is 0.505 e. The fourth-order valence-corrected chi connectivity index (χ4v) is 5.23. The molecule has 1 aromatic rings. The lowest BCUT2D eigenvalue weighted by Crippen LogP contribution is -2.44. The zero-order valence-electron chi connectivity index (χ0n) is 10.5. The molecule has 0 spiro atoms.